The SMILES string of the molecule is CC(=O)N1N=C(c2ccncc2)O[C@@H]1c1ccccc1OCc1ccc(Br)cc1. The number of hydrazone groups is 1. The normalized spacial score (nSPS) is 15.6. The highest BCUT2D eigenvalue weighted by Gasteiger charge is 2.34. The molecule has 0 fully saturated rings. The number of benzene rings is 2. The molecular weight excluding hydrogens is 434 g/mol. The van der Waals surface area contributed by atoms with Gasteiger partial charge in [-0.3, -0.25) is 9.78 Å². The highest BCUT2D eigenvalue weighted by Crippen LogP contribution is 2.35. The van der Waals surface area contributed by atoms with E-state index in [1.807, 2.05) is 48.5 Å². The summed E-state index contributed by atoms with van der Waals surface area (Å²) in [4.78, 5) is 16.2. The number of hydrogen-bond donors (Lipinski definition) is 0. The smallest absolute Gasteiger partial charge is 0.243 e. The molecule has 1 aliphatic heterocycles. The van der Waals surface area contributed by atoms with Gasteiger partial charge < -0.3 is 9.47 Å². The number of halogens is 1. The van der Waals surface area contributed by atoms with Gasteiger partial charge in [-0.15, -0.1) is 5.10 Å². The van der Waals surface area contributed by atoms with Gasteiger partial charge in [0.2, 0.25) is 18.0 Å². The van der Waals surface area contributed by atoms with Crippen molar-refractivity contribution in [2.24, 2.45) is 5.10 Å². The van der Waals surface area contributed by atoms with Crippen LogP contribution in [-0.2, 0) is 16.1 Å². The number of carbonyl (C=O) groups is 1. The molecular formula is C22H18BrN3O3. The van der Waals surface area contributed by atoms with E-state index < -0.39 is 6.23 Å². The van der Waals surface area contributed by atoms with Crippen LogP contribution in [0, 0.1) is 0 Å². The average Bonchev–Trinajstić information content (AvgIpc) is 3.20. The minimum Gasteiger partial charge on any atom is -0.488 e. The van der Waals surface area contributed by atoms with Crippen molar-refractivity contribution in [3.05, 3.63) is 94.2 Å². The molecule has 0 unspecified atom stereocenters. The zero-order chi connectivity index (χ0) is 20.2. The maximum Gasteiger partial charge on any atom is 0.243 e. The van der Waals surface area contributed by atoms with Gasteiger partial charge in [-0.25, -0.2) is 0 Å². The molecule has 0 spiro atoms. The Morgan fingerprint density at radius 3 is 2.55 bits per heavy atom. The summed E-state index contributed by atoms with van der Waals surface area (Å²) in [5, 5.41) is 5.71. The van der Waals surface area contributed by atoms with Gasteiger partial charge in [0, 0.05) is 29.4 Å². The number of nitrogens with zero attached hydrogens (tertiary/aromatic N) is 3. The zero-order valence-corrected chi connectivity index (χ0v) is 17.2. The molecule has 0 aliphatic carbocycles. The van der Waals surface area contributed by atoms with E-state index in [0.29, 0.717) is 18.3 Å². The number of para-hydroxylation sites is 1. The molecule has 0 saturated carbocycles. The monoisotopic (exact) mass is 451 g/mol. The first-order valence-corrected chi connectivity index (χ1v) is 9.83. The number of ether oxygens (including phenoxy) is 2. The van der Waals surface area contributed by atoms with Crippen molar-refractivity contribution in [1.82, 2.24) is 9.99 Å². The molecule has 0 radical (unpaired) electrons. The molecule has 0 saturated heterocycles. The van der Waals surface area contributed by atoms with Gasteiger partial charge in [-0.2, -0.15) is 5.01 Å². The van der Waals surface area contributed by atoms with Crippen molar-refractivity contribution >= 4 is 27.7 Å². The number of pyridine rings is 1. The number of hydrogen-bond acceptors (Lipinski definition) is 5. The van der Waals surface area contributed by atoms with Crippen LogP contribution in [0.15, 0.2) is 82.6 Å². The van der Waals surface area contributed by atoms with Gasteiger partial charge in [0.15, 0.2) is 0 Å². The van der Waals surface area contributed by atoms with Crippen LogP contribution < -0.4 is 4.74 Å². The fourth-order valence-electron chi connectivity index (χ4n) is 2.94. The van der Waals surface area contributed by atoms with E-state index in [-0.39, 0.29) is 5.91 Å². The van der Waals surface area contributed by atoms with Crippen LogP contribution in [-0.4, -0.2) is 21.8 Å². The van der Waals surface area contributed by atoms with Crippen LogP contribution in [0.3, 0.4) is 0 Å². The van der Waals surface area contributed by atoms with Crippen molar-refractivity contribution in [2.75, 3.05) is 0 Å². The molecule has 29 heavy (non-hydrogen) atoms. The molecule has 0 bridgehead atoms. The van der Waals surface area contributed by atoms with Gasteiger partial charge in [0.05, 0.1) is 5.56 Å². The predicted octanol–water partition coefficient (Wildman–Crippen LogP) is 4.66. The van der Waals surface area contributed by atoms with Crippen LogP contribution in [0.25, 0.3) is 0 Å². The Balaban J connectivity index is 1.59. The maximum absolute atomic E-state index is 12.2. The second kappa shape index (κ2) is 8.45. The Labute approximate surface area is 176 Å². The van der Waals surface area contributed by atoms with E-state index in [1.165, 1.54) is 11.9 Å². The second-order valence-electron chi connectivity index (χ2n) is 6.43. The number of carbonyl (C=O) groups excluding carboxylic acids is 1. The largest absolute Gasteiger partial charge is 0.488 e. The summed E-state index contributed by atoms with van der Waals surface area (Å²) in [7, 11) is 0. The summed E-state index contributed by atoms with van der Waals surface area (Å²) in [6.07, 6.45) is 2.61. The van der Waals surface area contributed by atoms with Crippen molar-refractivity contribution in [3.8, 4) is 5.75 Å². The predicted molar refractivity (Wildman–Crippen MR) is 112 cm³/mol. The summed E-state index contributed by atoms with van der Waals surface area (Å²) < 4.78 is 13.1. The van der Waals surface area contributed by atoms with E-state index in [9.17, 15) is 4.79 Å². The third kappa shape index (κ3) is 4.30. The van der Waals surface area contributed by atoms with Crippen LogP contribution in [0.2, 0.25) is 0 Å². The number of amides is 1. The van der Waals surface area contributed by atoms with E-state index in [2.05, 4.69) is 26.0 Å². The molecule has 4 rings (SSSR count). The van der Waals surface area contributed by atoms with E-state index in [4.69, 9.17) is 9.47 Å². The molecule has 1 atom stereocenters. The van der Waals surface area contributed by atoms with Crippen molar-refractivity contribution in [3.63, 3.8) is 0 Å². The third-order valence-electron chi connectivity index (χ3n) is 4.39. The maximum atomic E-state index is 12.2. The molecule has 3 aromatic rings. The Hall–Kier alpha value is -3.19. The van der Waals surface area contributed by atoms with E-state index in [1.54, 1.807) is 24.5 Å². The van der Waals surface area contributed by atoms with Gasteiger partial charge in [0.1, 0.15) is 12.4 Å². The molecule has 1 aliphatic rings. The van der Waals surface area contributed by atoms with Gasteiger partial charge in [0.25, 0.3) is 0 Å². The molecule has 1 aromatic heterocycles. The highest BCUT2D eigenvalue weighted by atomic mass is 79.9. The summed E-state index contributed by atoms with van der Waals surface area (Å²) in [5.74, 6) is 0.787. The standard InChI is InChI=1S/C22H18BrN3O3/c1-15(27)26-22(29-21(25-26)17-10-12-24-13-11-17)19-4-2-3-5-20(19)28-14-16-6-8-18(23)9-7-16/h2-13,22H,14H2,1H3/t22-/m1/s1. The van der Waals surface area contributed by atoms with E-state index >= 15 is 0 Å². The van der Waals surface area contributed by atoms with Gasteiger partial charge in [-0.05, 0) is 42.0 Å². The molecule has 6 nitrogen and oxygen atoms in total. The van der Waals surface area contributed by atoms with Crippen LogP contribution in [0.4, 0.5) is 0 Å². The molecule has 7 heteroatoms. The molecule has 0 N–H and O–H groups in total. The summed E-state index contributed by atoms with van der Waals surface area (Å²) in [5.41, 5.74) is 2.52. The fraction of sp³-hybridized carbons (Fsp3) is 0.136. The minimum absolute atomic E-state index is 0.221. The first kappa shape index (κ1) is 19.1. The minimum atomic E-state index is -0.697. The lowest BCUT2D eigenvalue weighted by Gasteiger charge is -2.22. The lowest BCUT2D eigenvalue weighted by Crippen LogP contribution is -2.25. The third-order valence-corrected chi connectivity index (χ3v) is 4.92. The Bertz CT molecular complexity index is 1040. The van der Waals surface area contributed by atoms with Crippen molar-refractivity contribution in [2.45, 2.75) is 19.8 Å². The van der Waals surface area contributed by atoms with Crippen LogP contribution >= 0.6 is 15.9 Å². The van der Waals surface area contributed by atoms with Gasteiger partial charge in [-0.1, -0.05) is 40.2 Å². The van der Waals surface area contributed by atoms with E-state index in [0.717, 1.165) is 21.2 Å². The van der Waals surface area contributed by atoms with Crippen molar-refractivity contribution < 1.29 is 14.3 Å². The highest BCUT2D eigenvalue weighted by molar-refractivity contribution is 9.10. The van der Waals surface area contributed by atoms with Crippen molar-refractivity contribution in [1.29, 1.82) is 0 Å². The Morgan fingerprint density at radius 1 is 1.10 bits per heavy atom. The number of rotatable bonds is 5. The lowest BCUT2D eigenvalue weighted by molar-refractivity contribution is -0.135. The number of aromatic nitrogens is 1. The van der Waals surface area contributed by atoms with Crippen LogP contribution in [0.5, 0.6) is 5.75 Å². The van der Waals surface area contributed by atoms with Crippen LogP contribution in [0.1, 0.15) is 29.8 Å². The molecule has 146 valence electrons. The first-order valence-electron chi connectivity index (χ1n) is 9.03. The second-order valence-corrected chi connectivity index (χ2v) is 7.34. The average molecular weight is 452 g/mol. The molecule has 2 aromatic carbocycles. The summed E-state index contributed by atoms with van der Waals surface area (Å²) in [6.45, 7) is 1.86. The fourth-order valence-corrected chi connectivity index (χ4v) is 3.20. The lowest BCUT2D eigenvalue weighted by atomic mass is 10.1. The Kier molecular flexibility index (Phi) is 5.57. The first-order chi connectivity index (χ1) is 14.1. The topological polar surface area (TPSA) is 64.0 Å². The quantitative estimate of drug-likeness (QED) is 0.565. The summed E-state index contributed by atoms with van der Waals surface area (Å²) >= 11 is 3.43. The summed E-state index contributed by atoms with van der Waals surface area (Å²) in [6, 6.07) is 19.0. The zero-order valence-electron chi connectivity index (χ0n) is 15.7. The Morgan fingerprint density at radius 2 is 1.83 bits per heavy atom. The van der Waals surface area contributed by atoms with Gasteiger partial charge >= 0.3 is 0 Å². The molecule has 2 heterocycles. The molecule has 1 amide bonds.